The number of aryl methyl sites for hydroxylation is 1. The van der Waals surface area contributed by atoms with E-state index in [-0.39, 0.29) is 23.9 Å². The minimum atomic E-state index is -3.82. The maximum absolute atomic E-state index is 14.2. The van der Waals surface area contributed by atoms with Gasteiger partial charge >= 0.3 is 0 Å². The third kappa shape index (κ3) is 9.18. The molecule has 0 saturated carbocycles. The van der Waals surface area contributed by atoms with Gasteiger partial charge in [0.15, 0.2) is 0 Å². The lowest BCUT2D eigenvalue weighted by molar-refractivity contribution is -0.140. The second kappa shape index (κ2) is 14.0. The molecule has 0 aromatic heterocycles. The fraction of sp³-hybridized carbons (Fsp3) is 0.412. The van der Waals surface area contributed by atoms with Crippen LogP contribution in [0.1, 0.15) is 63.3 Å². The summed E-state index contributed by atoms with van der Waals surface area (Å²) < 4.78 is 27.2. The lowest BCUT2D eigenvalue weighted by Crippen LogP contribution is -2.54. The smallest absolute Gasteiger partial charge is 0.244 e. The predicted molar refractivity (Wildman–Crippen MR) is 171 cm³/mol. The van der Waals surface area contributed by atoms with Crippen LogP contribution in [0.4, 0.5) is 5.69 Å². The SMILES string of the molecule is CC[C@H](C)NC(=O)[C@@H](Cc1ccccc1)N(Cc1ccc(C)cc1)C(=O)CN(c1ccc(C(C)(C)C)cc1)S(C)(=O)=O. The first-order valence-corrected chi connectivity index (χ1v) is 16.3. The zero-order chi connectivity index (χ0) is 31.1. The lowest BCUT2D eigenvalue weighted by Gasteiger charge is -2.34. The van der Waals surface area contributed by atoms with Crippen LogP contribution in [0.25, 0.3) is 0 Å². The van der Waals surface area contributed by atoms with E-state index in [0.717, 1.165) is 39.2 Å². The summed E-state index contributed by atoms with van der Waals surface area (Å²) in [6, 6.07) is 23.7. The third-order valence-electron chi connectivity index (χ3n) is 7.45. The number of carbonyl (C=O) groups excluding carboxylic acids is 2. The highest BCUT2D eigenvalue weighted by molar-refractivity contribution is 7.92. The topological polar surface area (TPSA) is 86.8 Å². The van der Waals surface area contributed by atoms with Crippen molar-refractivity contribution < 1.29 is 18.0 Å². The van der Waals surface area contributed by atoms with Crippen LogP contribution < -0.4 is 9.62 Å². The van der Waals surface area contributed by atoms with E-state index in [1.807, 2.05) is 87.5 Å². The first kappa shape index (κ1) is 32.9. The number of rotatable bonds is 12. The zero-order valence-corrected chi connectivity index (χ0v) is 26.7. The fourth-order valence-electron chi connectivity index (χ4n) is 4.63. The molecule has 0 spiro atoms. The molecule has 3 rings (SSSR count). The summed E-state index contributed by atoms with van der Waals surface area (Å²) in [5.74, 6) is -0.727. The Labute approximate surface area is 252 Å². The van der Waals surface area contributed by atoms with Crippen molar-refractivity contribution in [3.05, 3.63) is 101 Å². The third-order valence-corrected chi connectivity index (χ3v) is 8.59. The van der Waals surface area contributed by atoms with Crippen molar-refractivity contribution in [2.24, 2.45) is 0 Å². The van der Waals surface area contributed by atoms with Crippen LogP contribution in [0.5, 0.6) is 0 Å². The number of carbonyl (C=O) groups is 2. The van der Waals surface area contributed by atoms with Crippen LogP contribution in [-0.4, -0.2) is 50.0 Å². The number of hydrogen-bond acceptors (Lipinski definition) is 4. The molecule has 3 aromatic carbocycles. The number of sulfonamides is 1. The largest absolute Gasteiger partial charge is 0.352 e. The lowest BCUT2D eigenvalue weighted by atomic mass is 9.87. The van der Waals surface area contributed by atoms with Gasteiger partial charge in [-0.15, -0.1) is 0 Å². The monoisotopic (exact) mass is 591 g/mol. The predicted octanol–water partition coefficient (Wildman–Crippen LogP) is 5.61. The molecular formula is C34H45N3O4S. The molecule has 7 nitrogen and oxygen atoms in total. The first-order chi connectivity index (χ1) is 19.7. The molecule has 0 unspecified atom stereocenters. The van der Waals surface area contributed by atoms with Gasteiger partial charge in [0.25, 0.3) is 0 Å². The van der Waals surface area contributed by atoms with Gasteiger partial charge in [0.1, 0.15) is 12.6 Å². The van der Waals surface area contributed by atoms with E-state index in [1.54, 1.807) is 12.1 Å². The molecule has 3 aromatic rings. The Morgan fingerprint density at radius 2 is 1.48 bits per heavy atom. The normalized spacial score (nSPS) is 13.2. The molecular weight excluding hydrogens is 546 g/mol. The van der Waals surface area contributed by atoms with E-state index < -0.39 is 28.5 Å². The molecule has 0 saturated heterocycles. The summed E-state index contributed by atoms with van der Waals surface area (Å²) in [4.78, 5) is 29.5. The Hall–Kier alpha value is -3.65. The molecule has 0 aliphatic rings. The highest BCUT2D eigenvalue weighted by Gasteiger charge is 2.33. The van der Waals surface area contributed by atoms with Gasteiger partial charge in [-0.1, -0.05) is 100.0 Å². The van der Waals surface area contributed by atoms with Crippen LogP contribution in [0.15, 0.2) is 78.9 Å². The maximum Gasteiger partial charge on any atom is 0.244 e. The van der Waals surface area contributed by atoms with Crippen molar-refractivity contribution in [3.8, 4) is 0 Å². The van der Waals surface area contributed by atoms with Gasteiger partial charge in [0, 0.05) is 19.0 Å². The Balaban J connectivity index is 2.05. The van der Waals surface area contributed by atoms with Crippen LogP contribution in [0.3, 0.4) is 0 Å². The molecule has 0 radical (unpaired) electrons. The van der Waals surface area contributed by atoms with Crippen molar-refractivity contribution >= 4 is 27.5 Å². The van der Waals surface area contributed by atoms with Crippen LogP contribution in [-0.2, 0) is 38.0 Å². The molecule has 0 heterocycles. The minimum absolute atomic E-state index is 0.0825. The van der Waals surface area contributed by atoms with Crippen molar-refractivity contribution in [1.29, 1.82) is 0 Å². The Bertz CT molecular complexity index is 1430. The average Bonchev–Trinajstić information content (AvgIpc) is 2.94. The van der Waals surface area contributed by atoms with Crippen molar-refractivity contribution in [1.82, 2.24) is 10.2 Å². The Morgan fingerprint density at radius 1 is 0.881 bits per heavy atom. The zero-order valence-electron chi connectivity index (χ0n) is 25.9. The van der Waals surface area contributed by atoms with E-state index >= 15 is 0 Å². The highest BCUT2D eigenvalue weighted by atomic mass is 32.2. The number of nitrogens with one attached hydrogen (secondary N) is 1. The number of nitrogens with zero attached hydrogens (tertiary/aromatic N) is 2. The van der Waals surface area contributed by atoms with Crippen LogP contribution in [0, 0.1) is 6.92 Å². The van der Waals surface area contributed by atoms with Crippen molar-refractivity contribution in [2.75, 3.05) is 17.1 Å². The molecule has 226 valence electrons. The summed E-state index contributed by atoms with van der Waals surface area (Å²) in [6.07, 6.45) is 2.13. The average molecular weight is 592 g/mol. The second-order valence-corrected chi connectivity index (χ2v) is 14.0. The number of benzene rings is 3. The van der Waals surface area contributed by atoms with Gasteiger partial charge < -0.3 is 10.2 Å². The molecule has 8 heteroatoms. The van der Waals surface area contributed by atoms with E-state index in [4.69, 9.17) is 0 Å². The van der Waals surface area contributed by atoms with Gasteiger partial charge in [-0.3, -0.25) is 13.9 Å². The molecule has 0 bridgehead atoms. The van der Waals surface area contributed by atoms with E-state index in [9.17, 15) is 18.0 Å². The second-order valence-electron chi connectivity index (χ2n) is 12.1. The Morgan fingerprint density at radius 3 is 2.00 bits per heavy atom. The van der Waals surface area contributed by atoms with E-state index in [1.165, 1.54) is 4.90 Å². The van der Waals surface area contributed by atoms with Crippen LogP contribution in [0.2, 0.25) is 0 Å². The van der Waals surface area contributed by atoms with Gasteiger partial charge in [-0.05, 0) is 54.5 Å². The minimum Gasteiger partial charge on any atom is -0.352 e. The van der Waals surface area contributed by atoms with Gasteiger partial charge in [-0.25, -0.2) is 8.42 Å². The molecule has 0 aliphatic carbocycles. The molecule has 2 atom stereocenters. The first-order valence-electron chi connectivity index (χ1n) is 14.5. The molecule has 42 heavy (non-hydrogen) atoms. The van der Waals surface area contributed by atoms with E-state index in [0.29, 0.717) is 12.1 Å². The van der Waals surface area contributed by atoms with Crippen LogP contribution >= 0.6 is 0 Å². The van der Waals surface area contributed by atoms with Gasteiger partial charge in [0.05, 0.1) is 11.9 Å². The van der Waals surface area contributed by atoms with E-state index in [2.05, 4.69) is 26.1 Å². The molecule has 0 aliphatic heterocycles. The fourth-order valence-corrected chi connectivity index (χ4v) is 5.48. The van der Waals surface area contributed by atoms with Gasteiger partial charge in [-0.2, -0.15) is 0 Å². The summed E-state index contributed by atoms with van der Waals surface area (Å²) in [7, 11) is -3.82. The number of hydrogen-bond donors (Lipinski definition) is 1. The van der Waals surface area contributed by atoms with Crippen molar-refractivity contribution in [3.63, 3.8) is 0 Å². The quantitative estimate of drug-likeness (QED) is 0.297. The summed E-state index contributed by atoms with van der Waals surface area (Å²) >= 11 is 0. The standard InChI is InChI=1S/C34H45N3O4S/c1-8-26(3)35-33(39)31(22-27-12-10-9-11-13-27)36(23-28-16-14-25(2)15-17-28)32(38)24-37(42(7,40)41)30-20-18-29(19-21-30)34(4,5)6/h9-21,26,31H,8,22-24H2,1-7H3,(H,35,39)/t26-,31+/m0/s1. The maximum atomic E-state index is 14.2. The number of amides is 2. The molecule has 2 amide bonds. The Kier molecular flexibility index (Phi) is 11.0. The summed E-state index contributed by atoms with van der Waals surface area (Å²) in [6.45, 7) is 11.9. The summed E-state index contributed by atoms with van der Waals surface area (Å²) in [5.41, 5.74) is 4.18. The summed E-state index contributed by atoms with van der Waals surface area (Å²) in [5, 5.41) is 3.05. The van der Waals surface area contributed by atoms with Crippen molar-refractivity contribution in [2.45, 2.75) is 78.4 Å². The molecule has 1 N–H and O–H groups in total. The highest BCUT2D eigenvalue weighted by Crippen LogP contribution is 2.26. The van der Waals surface area contributed by atoms with Gasteiger partial charge in [0.2, 0.25) is 21.8 Å². The number of anilines is 1. The molecule has 0 fully saturated rings.